The van der Waals surface area contributed by atoms with Crippen LogP contribution in [-0.4, -0.2) is 18.5 Å². The predicted octanol–water partition coefficient (Wildman–Crippen LogP) is 2.88. The van der Waals surface area contributed by atoms with Gasteiger partial charge in [-0.2, -0.15) is 0 Å². The van der Waals surface area contributed by atoms with Crippen LogP contribution in [0.15, 0.2) is 47.3 Å². The Morgan fingerprint density at radius 3 is 2.65 bits per heavy atom. The number of benzene rings is 2. The molecule has 3 aromatic rings. The van der Waals surface area contributed by atoms with Crippen LogP contribution in [-0.2, 0) is 14.3 Å². The van der Waals surface area contributed by atoms with E-state index in [9.17, 15) is 14.4 Å². The molecule has 1 unspecified atom stereocenters. The molecule has 2 aromatic carbocycles. The average Bonchev–Trinajstić information content (AvgIpc) is 2.55. The van der Waals surface area contributed by atoms with Crippen LogP contribution in [0, 0.1) is 0 Å². The van der Waals surface area contributed by atoms with E-state index in [4.69, 9.17) is 4.74 Å². The zero-order chi connectivity index (χ0) is 16.4. The van der Waals surface area contributed by atoms with Crippen LogP contribution in [0.4, 0.5) is 0 Å². The third-order valence-electron chi connectivity index (χ3n) is 3.37. The molecule has 0 saturated heterocycles. The molecule has 0 aliphatic rings. The van der Waals surface area contributed by atoms with Gasteiger partial charge in [0.25, 0.3) is 6.47 Å². The summed E-state index contributed by atoms with van der Waals surface area (Å²) in [6.45, 7) is 1.58. The highest BCUT2D eigenvalue weighted by atomic mass is 32.1. The van der Waals surface area contributed by atoms with E-state index in [1.165, 1.54) is 18.3 Å². The number of ether oxygens (including phenoxy) is 2. The third-order valence-corrected chi connectivity index (χ3v) is 4.50. The molecule has 0 bridgehead atoms. The lowest BCUT2D eigenvalue weighted by atomic mass is 10.1. The van der Waals surface area contributed by atoms with Crippen molar-refractivity contribution in [3.63, 3.8) is 0 Å². The zero-order valence-electron chi connectivity index (χ0n) is 12.1. The van der Waals surface area contributed by atoms with Gasteiger partial charge < -0.3 is 9.47 Å². The Hall–Kier alpha value is -2.73. The van der Waals surface area contributed by atoms with Crippen molar-refractivity contribution >= 4 is 44.0 Å². The van der Waals surface area contributed by atoms with Gasteiger partial charge in [-0.15, -0.1) is 11.3 Å². The predicted molar refractivity (Wildman–Crippen MR) is 87.8 cm³/mol. The van der Waals surface area contributed by atoms with Gasteiger partial charge in [0, 0.05) is 14.8 Å². The molecule has 0 aliphatic carbocycles. The highest BCUT2D eigenvalue weighted by Gasteiger charge is 2.19. The average molecular weight is 328 g/mol. The second kappa shape index (κ2) is 6.18. The Balaban J connectivity index is 2.15. The Morgan fingerprint density at radius 2 is 1.87 bits per heavy atom. The molecule has 3 rings (SSSR count). The highest BCUT2D eigenvalue weighted by Crippen LogP contribution is 2.30. The quantitative estimate of drug-likeness (QED) is 0.319. The minimum Gasteiger partial charge on any atom is -0.453 e. The van der Waals surface area contributed by atoms with Crippen LogP contribution in [0.5, 0.6) is 5.75 Å². The molecule has 0 saturated carbocycles. The number of carbonyl (C=O) groups excluding carboxylic acids is 2. The first-order valence-corrected chi connectivity index (χ1v) is 7.69. The summed E-state index contributed by atoms with van der Waals surface area (Å²) in [5, 5.41) is 0.925. The fourth-order valence-corrected chi connectivity index (χ4v) is 3.33. The molecular weight excluding hydrogens is 316 g/mol. The molecule has 116 valence electrons. The Morgan fingerprint density at radius 1 is 1.13 bits per heavy atom. The molecule has 0 spiro atoms. The summed E-state index contributed by atoms with van der Waals surface area (Å²) in [4.78, 5) is 34.9. The van der Waals surface area contributed by atoms with Gasteiger partial charge >= 0.3 is 5.97 Å². The van der Waals surface area contributed by atoms with E-state index in [1.54, 1.807) is 30.3 Å². The standard InChI is InChI=1S/C17H12O5S/c1-10(21-9-18)17(20)22-12-6-4-8-14-15(12)16(19)11-5-2-3-7-13(11)23-14/h2-10H,1H3. The van der Waals surface area contributed by atoms with Crippen LogP contribution in [0.3, 0.4) is 0 Å². The van der Waals surface area contributed by atoms with E-state index in [0.29, 0.717) is 10.8 Å². The van der Waals surface area contributed by atoms with Crippen molar-refractivity contribution in [3.05, 3.63) is 52.7 Å². The summed E-state index contributed by atoms with van der Waals surface area (Å²) in [6.07, 6.45) is -1.04. The first-order chi connectivity index (χ1) is 11.1. The summed E-state index contributed by atoms with van der Waals surface area (Å²) >= 11 is 1.45. The maximum absolute atomic E-state index is 12.7. The molecular formula is C17H12O5S. The van der Waals surface area contributed by atoms with Crippen LogP contribution in [0.25, 0.3) is 20.2 Å². The molecule has 0 fully saturated rings. The maximum Gasteiger partial charge on any atom is 0.352 e. The second-order valence-corrected chi connectivity index (χ2v) is 5.94. The normalized spacial score (nSPS) is 12.0. The number of carbonyl (C=O) groups is 2. The van der Waals surface area contributed by atoms with Gasteiger partial charge in [0.15, 0.2) is 11.5 Å². The molecule has 23 heavy (non-hydrogen) atoms. The van der Waals surface area contributed by atoms with Gasteiger partial charge in [-0.25, -0.2) is 4.79 Å². The SMILES string of the molecule is CC(OC=O)C(=O)Oc1cccc2sc3ccccc3c(=O)c12. The van der Waals surface area contributed by atoms with Crippen molar-refractivity contribution in [2.75, 3.05) is 0 Å². The van der Waals surface area contributed by atoms with Crippen molar-refractivity contribution < 1.29 is 19.1 Å². The van der Waals surface area contributed by atoms with Gasteiger partial charge in [-0.05, 0) is 31.2 Å². The fraction of sp³-hybridized carbons (Fsp3) is 0.118. The number of rotatable bonds is 4. The molecule has 6 heteroatoms. The van der Waals surface area contributed by atoms with E-state index >= 15 is 0 Å². The summed E-state index contributed by atoms with van der Waals surface area (Å²) in [6, 6.07) is 12.3. The van der Waals surface area contributed by atoms with Crippen molar-refractivity contribution in [3.8, 4) is 5.75 Å². The topological polar surface area (TPSA) is 69.7 Å². The molecule has 5 nitrogen and oxygen atoms in total. The van der Waals surface area contributed by atoms with Gasteiger partial charge in [0.1, 0.15) is 5.75 Å². The number of hydrogen-bond donors (Lipinski definition) is 0. The first kappa shape index (κ1) is 15.2. The molecule has 0 N–H and O–H groups in total. The van der Waals surface area contributed by atoms with Crippen LogP contribution >= 0.6 is 11.3 Å². The Labute approximate surface area is 135 Å². The first-order valence-electron chi connectivity index (χ1n) is 6.87. The minimum atomic E-state index is -1.04. The van der Waals surface area contributed by atoms with Crippen LogP contribution in [0.1, 0.15) is 6.92 Å². The number of hydrogen-bond acceptors (Lipinski definition) is 6. The maximum atomic E-state index is 12.7. The van der Waals surface area contributed by atoms with Crippen LogP contribution < -0.4 is 10.2 Å². The largest absolute Gasteiger partial charge is 0.453 e. The van der Waals surface area contributed by atoms with Crippen molar-refractivity contribution in [1.82, 2.24) is 0 Å². The molecule has 0 aliphatic heterocycles. The smallest absolute Gasteiger partial charge is 0.352 e. The summed E-state index contributed by atoms with van der Waals surface area (Å²) in [5.41, 5.74) is -0.193. The second-order valence-electron chi connectivity index (χ2n) is 4.85. The van der Waals surface area contributed by atoms with Gasteiger partial charge in [0.05, 0.1) is 5.39 Å². The summed E-state index contributed by atoms with van der Waals surface area (Å²) in [7, 11) is 0. The fourth-order valence-electron chi connectivity index (χ4n) is 2.23. The van der Waals surface area contributed by atoms with Crippen molar-refractivity contribution in [1.29, 1.82) is 0 Å². The van der Waals surface area contributed by atoms with Crippen molar-refractivity contribution in [2.45, 2.75) is 13.0 Å². The van der Waals surface area contributed by atoms with Gasteiger partial charge in [-0.3, -0.25) is 9.59 Å². The van der Waals surface area contributed by atoms with E-state index in [1.807, 2.05) is 12.1 Å². The Bertz CT molecular complexity index is 960. The van der Waals surface area contributed by atoms with Crippen molar-refractivity contribution in [2.24, 2.45) is 0 Å². The van der Waals surface area contributed by atoms with E-state index in [-0.39, 0.29) is 17.7 Å². The number of esters is 1. The summed E-state index contributed by atoms with van der Waals surface area (Å²) < 4.78 is 11.4. The number of fused-ring (bicyclic) bond motifs is 2. The third kappa shape index (κ3) is 2.80. The van der Waals surface area contributed by atoms with E-state index in [2.05, 4.69) is 4.74 Å². The minimum absolute atomic E-state index is 0.167. The molecule has 1 heterocycles. The van der Waals surface area contributed by atoms with E-state index < -0.39 is 12.1 Å². The van der Waals surface area contributed by atoms with Gasteiger partial charge in [0.2, 0.25) is 0 Å². The van der Waals surface area contributed by atoms with E-state index in [0.717, 1.165) is 9.40 Å². The monoisotopic (exact) mass is 328 g/mol. The highest BCUT2D eigenvalue weighted by molar-refractivity contribution is 7.24. The lowest BCUT2D eigenvalue weighted by molar-refractivity contribution is -0.152. The summed E-state index contributed by atoms with van der Waals surface area (Å²) in [5.74, 6) is -0.567. The lowest BCUT2D eigenvalue weighted by Gasteiger charge is -2.11. The van der Waals surface area contributed by atoms with Gasteiger partial charge in [-0.1, -0.05) is 18.2 Å². The molecule has 0 amide bonds. The molecule has 0 radical (unpaired) electrons. The van der Waals surface area contributed by atoms with Crippen LogP contribution in [0.2, 0.25) is 0 Å². The Kier molecular flexibility index (Phi) is 4.08. The molecule has 1 aromatic heterocycles. The molecule has 1 atom stereocenters. The lowest BCUT2D eigenvalue weighted by Crippen LogP contribution is -2.25. The zero-order valence-corrected chi connectivity index (χ0v) is 13.0.